The third-order valence-electron chi connectivity index (χ3n) is 17.1. The van der Waals surface area contributed by atoms with Crippen molar-refractivity contribution in [1.82, 2.24) is 15.0 Å². The quantitative estimate of drug-likeness (QED) is 0.0419. The van der Waals surface area contributed by atoms with Crippen molar-refractivity contribution < 1.29 is 19.0 Å². The van der Waals surface area contributed by atoms with Crippen LogP contribution in [0.3, 0.4) is 0 Å². The zero-order valence-corrected chi connectivity index (χ0v) is 41.2. The molecule has 0 radical (unpaired) electrons. The largest absolute Gasteiger partial charge is 0.494 e. The van der Waals surface area contributed by atoms with Gasteiger partial charge in [0.15, 0.2) is 0 Å². The smallest absolute Gasteiger partial charge is 0.306 e. The average molecular weight is 896 g/mol. The molecule has 1 unspecified atom stereocenters. The van der Waals surface area contributed by atoms with E-state index in [0.717, 1.165) is 108 Å². The van der Waals surface area contributed by atoms with Crippen molar-refractivity contribution in [3.8, 4) is 28.4 Å². The number of fused-ring (bicyclic) bond motifs is 5. The van der Waals surface area contributed by atoms with E-state index in [1.807, 2.05) is 72.9 Å². The maximum atomic E-state index is 13.0. The molecule has 8 rings (SSSR count). The Morgan fingerprint density at radius 2 is 1.45 bits per heavy atom. The molecule has 1 heterocycles. The predicted molar refractivity (Wildman–Crippen MR) is 268 cm³/mol. The fourth-order valence-electron chi connectivity index (χ4n) is 13.3. The second-order valence-electron chi connectivity index (χ2n) is 21.9. The average Bonchev–Trinajstić information content (AvgIpc) is 3.96. The van der Waals surface area contributed by atoms with E-state index in [4.69, 9.17) is 14.2 Å². The molecule has 66 heavy (non-hydrogen) atoms. The highest BCUT2D eigenvalue weighted by Crippen LogP contribution is 2.67. The van der Waals surface area contributed by atoms with Crippen molar-refractivity contribution in [3.05, 3.63) is 102 Å². The van der Waals surface area contributed by atoms with Gasteiger partial charge in [-0.1, -0.05) is 140 Å². The van der Waals surface area contributed by atoms with Crippen molar-refractivity contribution in [2.45, 2.75) is 176 Å². The van der Waals surface area contributed by atoms with Gasteiger partial charge in [0.2, 0.25) is 0 Å². The fraction of sp³-hybridized carbons (Fsp3) is 0.610. The number of esters is 1. The molecule has 8 atom stereocenters. The second-order valence-corrected chi connectivity index (χ2v) is 21.9. The molecule has 4 aromatic rings. The number of nitrogens with zero attached hydrogens (tertiary/aromatic N) is 3. The van der Waals surface area contributed by atoms with Gasteiger partial charge in [-0.2, -0.15) is 0 Å². The normalized spacial score (nSPS) is 26.2. The van der Waals surface area contributed by atoms with Crippen molar-refractivity contribution in [2.24, 2.45) is 46.3 Å². The Balaban J connectivity index is 0.658. The highest BCUT2D eigenvalue weighted by molar-refractivity contribution is 5.69. The van der Waals surface area contributed by atoms with E-state index < -0.39 is 0 Å². The number of benzene rings is 3. The van der Waals surface area contributed by atoms with Gasteiger partial charge < -0.3 is 14.2 Å². The Morgan fingerprint density at radius 1 is 0.742 bits per heavy atom. The summed E-state index contributed by atoms with van der Waals surface area (Å²) in [5.41, 5.74) is 6.33. The summed E-state index contributed by atoms with van der Waals surface area (Å²) >= 11 is 0. The van der Waals surface area contributed by atoms with Crippen LogP contribution in [0.4, 0.5) is 0 Å². The number of unbranched alkanes of at least 4 members (excludes halogenated alkanes) is 7. The minimum atomic E-state index is 0.0243. The molecule has 0 saturated heterocycles. The van der Waals surface area contributed by atoms with Gasteiger partial charge in [0.1, 0.15) is 29.9 Å². The number of carbonyl (C=O) groups is 1. The summed E-state index contributed by atoms with van der Waals surface area (Å²) in [6.07, 6.45) is 28.7. The van der Waals surface area contributed by atoms with Crippen LogP contribution in [0, 0.1) is 46.3 Å². The zero-order chi connectivity index (χ0) is 45.9. The van der Waals surface area contributed by atoms with Gasteiger partial charge in [-0.15, -0.1) is 5.10 Å². The van der Waals surface area contributed by atoms with Crippen LogP contribution in [0.1, 0.15) is 169 Å². The van der Waals surface area contributed by atoms with Crippen LogP contribution in [0.2, 0.25) is 0 Å². The van der Waals surface area contributed by atoms with E-state index in [1.165, 1.54) is 89.9 Å². The van der Waals surface area contributed by atoms with Crippen molar-refractivity contribution >= 4 is 5.97 Å². The molecule has 3 aromatic carbocycles. The van der Waals surface area contributed by atoms with E-state index >= 15 is 0 Å². The van der Waals surface area contributed by atoms with Crippen LogP contribution < -0.4 is 9.47 Å². The third kappa shape index (κ3) is 11.8. The van der Waals surface area contributed by atoms with Crippen LogP contribution in [0.15, 0.2) is 96.7 Å². The summed E-state index contributed by atoms with van der Waals surface area (Å²) in [5.74, 6) is 6.86. The molecular weight excluding hydrogens is 815 g/mol. The first-order chi connectivity index (χ1) is 32.1. The van der Waals surface area contributed by atoms with E-state index in [1.54, 1.807) is 10.3 Å². The van der Waals surface area contributed by atoms with Gasteiger partial charge in [0.05, 0.1) is 18.5 Å². The van der Waals surface area contributed by atoms with E-state index in [2.05, 4.69) is 63.1 Å². The molecule has 1 aromatic heterocycles. The number of allylic oxidation sites excluding steroid dienone is 1. The van der Waals surface area contributed by atoms with Gasteiger partial charge in [-0.05, 0) is 158 Å². The first-order valence-corrected chi connectivity index (χ1v) is 26.4. The van der Waals surface area contributed by atoms with Gasteiger partial charge in [0, 0.05) is 18.4 Å². The maximum absolute atomic E-state index is 13.0. The summed E-state index contributed by atoms with van der Waals surface area (Å²) in [6, 6.07) is 26.2. The highest BCUT2D eigenvalue weighted by atomic mass is 16.5. The number of hydrogen-bond acceptors (Lipinski definition) is 6. The zero-order valence-electron chi connectivity index (χ0n) is 41.2. The van der Waals surface area contributed by atoms with Crippen molar-refractivity contribution in [3.63, 3.8) is 0 Å². The summed E-state index contributed by atoms with van der Waals surface area (Å²) in [4.78, 5) is 13.0. The number of ether oxygens (including phenoxy) is 3. The predicted octanol–water partition coefficient (Wildman–Crippen LogP) is 15.4. The van der Waals surface area contributed by atoms with Crippen LogP contribution in [-0.4, -0.2) is 33.7 Å². The monoisotopic (exact) mass is 896 g/mol. The van der Waals surface area contributed by atoms with Crippen LogP contribution in [-0.2, 0) is 16.1 Å². The van der Waals surface area contributed by atoms with E-state index in [9.17, 15) is 4.79 Å². The second kappa shape index (κ2) is 22.6. The lowest BCUT2D eigenvalue weighted by Crippen LogP contribution is -2.51. The molecule has 4 aliphatic carbocycles. The van der Waals surface area contributed by atoms with E-state index in [0.29, 0.717) is 23.9 Å². The lowest BCUT2D eigenvalue weighted by atomic mass is 9.47. The Hall–Kier alpha value is -4.39. The van der Waals surface area contributed by atoms with Crippen LogP contribution >= 0.6 is 0 Å². The molecule has 356 valence electrons. The number of hydrogen-bond donors (Lipinski definition) is 0. The third-order valence-corrected chi connectivity index (χ3v) is 17.1. The molecule has 7 heteroatoms. The summed E-state index contributed by atoms with van der Waals surface area (Å²) < 4.78 is 19.9. The molecule has 4 aliphatic rings. The Kier molecular flexibility index (Phi) is 16.5. The van der Waals surface area contributed by atoms with Crippen LogP contribution in [0.5, 0.6) is 11.5 Å². The first-order valence-electron chi connectivity index (χ1n) is 26.4. The standard InChI is InChI=1S/C59H81N3O4/c1-43(2)18-17-19-44(3)53-33-34-54-52-32-25-47-40-51(35-37-58(47,4)55(52)36-38-59(53,54)5)66-57(63)22-15-10-8-6-7-9-11-16-39-64-49-30-26-48(27-31-49)62-41-56(60-61-62)46-23-28-50(29-24-46)65-42-45-20-13-12-14-21-45/h12-14,20-21,23-31,41,43-44,51-55H,6-11,15-19,22,32-40,42H2,1-5H3/t44-,51?,52+,53-,54+,55+,58+,59-/m1/s1. The van der Waals surface area contributed by atoms with Gasteiger partial charge >= 0.3 is 5.97 Å². The molecule has 7 nitrogen and oxygen atoms in total. The highest BCUT2D eigenvalue weighted by Gasteiger charge is 2.59. The first kappa shape index (κ1) is 48.1. The summed E-state index contributed by atoms with van der Waals surface area (Å²) in [7, 11) is 0. The molecule has 0 aliphatic heterocycles. The lowest BCUT2D eigenvalue weighted by Gasteiger charge is -2.58. The molecule has 0 bridgehead atoms. The minimum absolute atomic E-state index is 0.0243. The van der Waals surface area contributed by atoms with Gasteiger partial charge in [-0.3, -0.25) is 4.79 Å². The molecule has 3 saturated carbocycles. The topological polar surface area (TPSA) is 75.5 Å². The summed E-state index contributed by atoms with van der Waals surface area (Å²) in [5, 5.41) is 8.76. The molecule has 0 spiro atoms. The van der Waals surface area contributed by atoms with Crippen LogP contribution in [0.25, 0.3) is 16.9 Å². The number of aromatic nitrogens is 3. The molecule has 0 N–H and O–H groups in total. The van der Waals surface area contributed by atoms with Crippen molar-refractivity contribution in [1.29, 1.82) is 0 Å². The molecule has 0 amide bonds. The fourth-order valence-corrected chi connectivity index (χ4v) is 13.3. The summed E-state index contributed by atoms with van der Waals surface area (Å²) in [6.45, 7) is 13.9. The number of carbonyl (C=O) groups excluding carboxylic acids is 1. The molecule has 3 fully saturated rings. The SMILES string of the molecule is CC(C)CCC[C@@H](C)[C@H]1CC[C@H]2[C@@H]3CC=C4CC(OC(=O)CCCCCCCCCCOc5ccc(-n6cc(-c7ccc(OCc8ccccc8)cc7)nn6)cc5)CC[C@]4(C)[C@H]3CC[C@]12C. The van der Waals surface area contributed by atoms with E-state index in [-0.39, 0.29) is 12.1 Å². The van der Waals surface area contributed by atoms with Gasteiger partial charge in [0.25, 0.3) is 0 Å². The van der Waals surface area contributed by atoms with Crippen molar-refractivity contribution in [2.75, 3.05) is 6.61 Å². The number of rotatable bonds is 23. The Morgan fingerprint density at radius 3 is 2.21 bits per heavy atom. The maximum Gasteiger partial charge on any atom is 0.306 e. The lowest BCUT2D eigenvalue weighted by molar-refractivity contribution is -0.151. The minimum Gasteiger partial charge on any atom is -0.494 e. The Bertz CT molecular complexity index is 2150. The molecular formula is C59H81N3O4. The van der Waals surface area contributed by atoms with Gasteiger partial charge in [-0.25, -0.2) is 4.68 Å². The Labute approximate surface area is 397 Å².